The molecule has 0 radical (unpaired) electrons. The number of anilines is 1. The Morgan fingerprint density at radius 2 is 1.88 bits per heavy atom. The van der Waals surface area contributed by atoms with Crippen molar-refractivity contribution in [1.82, 2.24) is 14.8 Å². The summed E-state index contributed by atoms with van der Waals surface area (Å²) in [5.41, 5.74) is 2.34. The quantitative estimate of drug-likeness (QED) is 0.925. The van der Waals surface area contributed by atoms with Gasteiger partial charge in [-0.1, -0.05) is 0 Å². The first-order valence-corrected chi connectivity index (χ1v) is 8.12. The highest BCUT2D eigenvalue weighted by atomic mass is 16.3. The van der Waals surface area contributed by atoms with Crippen LogP contribution in [0.4, 0.5) is 5.69 Å². The second kappa shape index (κ2) is 6.51. The minimum absolute atomic E-state index is 0.0367. The number of carbonyl (C=O) groups is 2. The zero-order chi connectivity index (χ0) is 17.3. The second-order valence-corrected chi connectivity index (χ2v) is 6.11. The number of carbonyl (C=O) groups excluding carboxylic acids is 2. The lowest BCUT2D eigenvalue weighted by Crippen LogP contribution is -2.53. The molecule has 2 heterocycles. The minimum Gasteiger partial charge on any atom is -0.441 e. The topological polar surface area (TPSA) is 78.7 Å². The van der Waals surface area contributed by atoms with Crippen molar-refractivity contribution in [3.8, 4) is 0 Å². The molecule has 1 fully saturated rings. The summed E-state index contributed by atoms with van der Waals surface area (Å²) in [6, 6.07) is 5.26. The number of hydrogen-bond donors (Lipinski definition) is 1. The second-order valence-electron chi connectivity index (χ2n) is 6.11. The predicted molar refractivity (Wildman–Crippen MR) is 90.7 cm³/mol. The molecule has 1 aromatic carbocycles. The molecule has 0 aliphatic carbocycles. The normalized spacial score (nSPS) is 16.3. The molecule has 24 heavy (non-hydrogen) atoms. The summed E-state index contributed by atoms with van der Waals surface area (Å²) < 4.78 is 5.45. The van der Waals surface area contributed by atoms with Gasteiger partial charge in [-0.05, 0) is 25.1 Å². The number of hydrogen-bond acceptors (Lipinski definition) is 5. The van der Waals surface area contributed by atoms with Gasteiger partial charge in [-0.3, -0.25) is 9.59 Å². The number of benzene rings is 1. The fourth-order valence-corrected chi connectivity index (χ4v) is 2.96. The van der Waals surface area contributed by atoms with E-state index in [1.807, 2.05) is 25.1 Å². The van der Waals surface area contributed by atoms with Crippen LogP contribution in [-0.4, -0.2) is 58.8 Å². The van der Waals surface area contributed by atoms with E-state index >= 15 is 0 Å². The molecule has 0 spiro atoms. The van der Waals surface area contributed by atoms with E-state index in [2.05, 4.69) is 10.3 Å². The number of amides is 2. The lowest BCUT2D eigenvalue weighted by molar-refractivity contribution is -0.138. The Morgan fingerprint density at radius 3 is 2.54 bits per heavy atom. The van der Waals surface area contributed by atoms with Crippen molar-refractivity contribution < 1.29 is 14.0 Å². The first-order valence-electron chi connectivity index (χ1n) is 8.12. The molecule has 2 aromatic rings. The Balaban J connectivity index is 1.62. The fraction of sp³-hybridized carbons (Fsp3) is 0.471. The van der Waals surface area contributed by atoms with Crippen molar-refractivity contribution >= 4 is 28.6 Å². The van der Waals surface area contributed by atoms with Crippen LogP contribution in [0.1, 0.15) is 19.7 Å². The highest BCUT2D eigenvalue weighted by molar-refractivity contribution is 5.86. The summed E-state index contributed by atoms with van der Waals surface area (Å²) in [5, 5.41) is 3.22. The van der Waals surface area contributed by atoms with Gasteiger partial charge < -0.3 is 19.5 Å². The molecule has 3 rings (SSSR count). The molecule has 128 valence electrons. The van der Waals surface area contributed by atoms with Crippen LogP contribution < -0.4 is 5.32 Å². The maximum atomic E-state index is 12.6. The van der Waals surface area contributed by atoms with E-state index in [4.69, 9.17) is 4.42 Å². The van der Waals surface area contributed by atoms with E-state index < -0.39 is 0 Å². The van der Waals surface area contributed by atoms with Crippen LogP contribution in [-0.2, 0) is 9.59 Å². The van der Waals surface area contributed by atoms with Crippen molar-refractivity contribution in [2.75, 3.05) is 31.5 Å². The number of piperazine rings is 1. The first kappa shape index (κ1) is 16.3. The zero-order valence-electron chi connectivity index (χ0n) is 14.2. The van der Waals surface area contributed by atoms with Crippen molar-refractivity contribution in [2.45, 2.75) is 26.8 Å². The van der Waals surface area contributed by atoms with Crippen LogP contribution >= 0.6 is 0 Å². The largest absolute Gasteiger partial charge is 0.441 e. The molecule has 1 N–H and O–H groups in total. The summed E-state index contributed by atoms with van der Waals surface area (Å²) in [7, 11) is 0. The van der Waals surface area contributed by atoms with E-state index in [0.717, 1.165) is 16.8 Å². The lowest BCUT2D eigenvalue weighted by atomic mass is 10.2. The average molecular weight is 330 g/mol. The SMILES string of the molecule is CC(=O)N1CCN(C(=O)[C@H](C)Nc2ccc3oc(C)nc3c2)CC1. The Labute approximate surface area is 140 Å². The van der Waals surface area contributed by atoms with Gasteiger partial charge in [0.05, 0.1) is 0 Å². The smallest absolute Gasteiger partial charge is 0.244 e. The Bertz CT molecular complexity index is 762. The average Bonchev–Trinajstić information content (AvgIpc) is 2.93. The molecule has 1 aromatic heterocycles. The van der Waals surface area contributed by atoms with Gasteiger partial charge in [-0.15, -0.1) is 0 Å². The number of aromatic nitrogens is 1. The van der Waals surface area contributed by atoms with Crippen molar-refractivity contribution in [1.29, 1.82) is 0 Å². The molecule has 7 nitrogen and oxygen atoms in total. The maximum absolute atomic E-state index is 12.6. The van der Waals surface area contributed by atoms with Gasteiger partial charge in [0.1, 0.15) is 11.6 Å². The van der Waals surface area contributed by atoms with E-state index in [-0.39, 0.29) is 17.9 Å². The summed E-state index contributed by atoms with van der Waals surface area (Å²) in [4.78, 5) is 31.8. The fourth-order valence-electron chi connectivity index (χ4n) is 2.96. The van der Waals surface area contributed by atoms with Gasteiger partial charge in [0.2, 0.25) is 11.8 Å². The summed E-state index contributed by atoms with van der Waals surface area (Å²) >= 11 is 0. The molecule has 2 amide bonds. The molecule has 1 atom stereocenters. The van der Waals surface area contributed by atoms with Crippen molar-refractivity contribution in [2.24, 2.45) is 0 Å². The number of aryl methyl sites for hydroxylation is 1. The molecular weight excluding hydrogens is 308 g/mol. The van der Waals surface area contributed by atoms with Crippen LogP contribution in [0, 0.1) is 6.92 Å². The van der Waals surface area contributed by atoms with Gasteiger partial charge in [0.15, 0.2) is 11.5 Å². The van der Waals surface area contributed by atoms with Gasteiger partial charge >= 0.3 is 0 Å². The minimum atomic E-state index is -0.348. The molecule has 0 bridgehead atoms. The lowest BCUT2D eigenvalue weighted by Gasteiger charge is -2.35. The zero-order valence-corrected chi connectivity index (χ0v) is 14.2. The van der Waals surface area contributed by atoms with Crippen molar-refractivity contribution in [3.05, 3.63) is 24.1 Å². The Kier molecular flexibility index (Phi) is 4.42. The standard InChI is InChI=1S/C17H22N4O3/c1-11(17(23)21-8-6-20(7-9-21)13(3)22)18-14-4-5-16-15(10-14)19-12(2)24-16/h4-5,10-11,18H,6-9H2,1-3H3/t11-/m0/s1. The summed E-state index contributed by atoms with van der Waals surface area (Å²) in [5.74, 6) is 0.716. The number of nitrogens with one attached hydrogen (secondary N) is 1. The van der Waals surface area contributed by atoms with Gasteiger partial charge in [0, 0.05) is 45.7 Å². The molecule has 0 unspecified atom stereocenters. The highest BCUT2D eigenvalue weighted by Crippen LogP contribution is 2.20. The highest BCUT2D eigenvalue weighted by Gasteiger charge is 2.25. The number of nitrogens with zero attached hydrogens (tertiary/aromatic N) is 3. The van der Waals surface area contributed by atoms with Crippen LogP contribution in [0.5, 0.6) is 0 Å². The van der Waals surface area contributed by atoms with E-state index in [0.29, 0.717) is 32.1 Å². The van der Waals surface area contributed by atoms with Crippen LogP contribution in [0.15, 0.2) is 22.6 Å². The van der Waals surface area contributed by atoms with Gasteiger partial charge in [-0.25, -0.2) is 4.98 Å². The number of oxazole rings is 1. The summed E-state index contributed by atoms with van der Waals surface area (Å²) in [6.45, 7) is 7.55. The van der Waals surface area contributed by atoms with Crippen molar-refractivity contribution in [3.63, 3.8) is 0 Å². The molecule has 0 saturated carbocycles. The summed E-state index contributed by atoms with van der Waals surface area (Å²) in [6.07, 6.45) is 0. The number of fused-ring (bicyclic) bond motifs is 1. The van der Waals surface area contributed by atoms with Crippen LogP contribution in [0.2, 0.25) is 0 Å². The van der Waals surface area contributed by atoms with Gasteiger partial charge in [0.25, 0.3) is 0 Å². The first-order chi connectivity index (χ1) is 11.4. The van der Waals surface area contributed by atoms with Gasteiger partial charge in [-0.2, -0.15) is 0 Å². The third-order valence-electron chi connectivity index (χ3n) is 4.28. The van der Waals surface area contributed by atoms with E-state index in [1.54, 1.807) is 23.6 Å². The monoisotopic (exact) mass is 330 g/mol. The molecular formula is C17H22N4O3. The third kappa shape index (κ3) is 3.34. The molecule has 7 heteroatoms. The molecule has 1 aliphatic heterocycles. The van der Waals surface area contributed by atoms with E-state index in [1.165, 1.54) is 0 Å². The predicted octanol–water partition coefficient (Wildman–Crippen LogP) is 1.63. The van der Waals surface area contributed by atoms with E-state index in [9.17, 15) is 9.59 Å². The van der Waals surface area contributed by atoms with Crippen LogP contribution in [0.25, 0.3) is 11.1 Å². The molecule has 1 saturated heterocycles. The third-order valence-corrected chi connectivity index (χ3v) is 4.28. The number of rotatable bonds is 3. The Morgan fingerprint density at radius 1 is 1.21 bits per heavy atom. The maximum Gasteiger partial charge on any atom is 0.244 e. The Hall–Kier alpha value is -2.57. The van der Waals surface area contributed by atoms with Crippen LogP contribution in [0.3, 0.4) is 0 Å². The molecule has 1 aliphatic rings.